The van der Waals surface area contributed by atoms with E-state index in [-0.39, 0.29) is 5.97 Å². The maximum Gasteiger partial charge on any atom is 0.337 e. The first-order chi connectivity index (χ1) is 10.1. The summed E-state index contributed by atoms with van der Waals surface area (Å²) in [5.74, 6) is 0.130. The first kappa shape index (κ1) is 14.9. The van der Waals surface area contributed by atoms with Gasteiger partial charge in [0, 0.05) is 0 Å². The first-order valence-electron chi connectivity index (χ1n) is 6.13. The predicted molar refractivity (Wildman–Crippen MR) is 78.3 cm³/mol. The van der Waals surface area contributed by atoms with Crippen molar-refractivity contribution < 1.29 is 14.3 Å². The minimum atomic E-state index is -0.377. The van der Waals surface area contributed by atoms with Crippen LogP contribution in [0.1, 0.15) is 21.5 Å². The van der Waals surface area contributed by atoms with Gasteiger partial charge >= 0.3 is 5.97 Å². The van der Waals surface area contributed by atoms with Crippen LogP contribution in [-0.2, 0) is 11.3 Å². The van der Waals surface area contributed by atoms with Gasteiger partial charge in [0.25, 0.3) is 0 Å². The Kier molecular flexibility index (Phi) is 4.81. The fourth-order valence-corrected chi connectivity index (χ4v) is 1.94. The number of halogens is 1. The molecule has 0 bridgehead atoms. The number of hydrogen-bond acceptors (Lipinski definition) is 4. The number of methoxy groups -OCH3 is 1. The highest BCUT2D eigenvalue weighted by Crippen LogP contribution is 2.26. The van der Waals surface area contributed by atoms with E-state index in [1.807, 2.05) is 6.07 Å². The quantitative estimate of drug-likeness (QED) is 0.810. The van der Waals surface area contributed by atoms with Crippen molar-refractivity contribution in [2.75, 3.05) is 7.11 Å². The summed E-state index contributed by atoms with van der Waals surface area (Å²) in [5.41, 5.74) is 1.86. The molecule has 21 heavy (non-hydrogen) atoms. The second-order valence-electron chi connectivity index (χ2n) is 4.23. The molecule has 0 N–H and O–H groups in total. The molecule has 0 fully saturated rings. The Morgan fingerprint density at radius 1 is 1.24 bits per heavy atom. The third-order valence-electron chi connectivity index (χ3n) is 2.83. The van der Waals surface area contributed by atoms with Crippen molar-refractivity contribution in [2.45, 2.75) is 6.61 Å². The molecule has 0 aliphatic heterocycles. The summed E-state index contributed by atoms with van der Waals surface area (Å²) in [6.45, 7) is 0.313. The molecule has 0 saturated heterocycles. The SMILES string of the molecule is COC(=O)c1ccc(COc2ccc(C#N)cc2Cl)cc1. The van der Waals surface area contributed by atoms with E-state index in [1.165, 1.54) is 7.11 Å². The van der Waals surface area contributed by atoms with Gasteiger partial charge in [-0.25, -0.2) is 4.79 Å². The Morgan fingerprint density at radius 2 is 1.95 bits per heavy atom. The number of esters is 1. The molecule has 106 valence electrons. The van der Waals surface area contributed by atoms with Crippen molar-refractivity contribution >= 4 is 17.6 Å². The Balaban J connectivity index is 2.03. The van der Waals surface area contributed by atoms with E-state index >= 15 is 0 Å². The van der Waals surface area contributed by atoms with E-state index in [0.717, 1.165) is 5.56 Å². The van der Waals surface area contributed by atoms with E-state index in [1.54, 1.807) is 42.5 Å². The highest BCUT2D eigenvalue weighted by molar-refractivity contribution is 6.32. The van der Waals surface area contributed by atoms with Crippen LogP contribution >= 0.6 is 11.6 Å². The van der Waals surface area contributed by atoms with E-state index < -0.39 is 0 Å². The van der Waals surface area contributed by atoms with Crippen molar-refractivity contribution in [1.29, 1.82) is 5.26 Å². The summed E-state index contributed by atoms with van der Waals surface area (Å²) in [6.07, 6.45) is 0. The molecule has 0 radical (unpaired) electrons. The van der Waals surface area contributed by atoms with Gasteiger partial charge < -0.3 is 9.47 Å². The van der Waals surface area contributed by atoms with Crippen LogP contribution in [0.5, 0.6) is 5.75 Å². The van der Waals surface area contributed by atoms with Crippen LogP contribution in [0.2, 0.25) is 5.02 Å². The lowest BCUT2D eigenvalue weighted by Crippen LogP contribution is -2.02. The minimum absolute atomic E-state index is 0.313. The first-order valence-corrected chi connectivity index (χ1v) is 6.51. The molecule has 0 atom stereocenters. The molecule has 2 aromatic rings. The number of hydrogen-bond donors (Lipinski definition) is 0. The molecule has 0 aromatic heterocycles. The van der Waals surface area contributed by atoms with Crippen LogP contribution < -0.4 is 4.74 Å². The molecule has 0 heterocycles. The standard InChI is InChI=1S/C16H12ClNO3/c1-20-16(19)13-5-2-11(3-6-13)10-21-15-7-4-12(9-18)8-14(15)17/h2-8H,10H2,1H3. The van der Waals surface area contributed by atoms with Crippen LogP contribution in [0.15, 0.2) is 42.5 Å². The zero-order valence-electron chi connectivity index (χ0n) is 11.3. The number of carbonyl (C=O) groups excluding carboxylic acids is 1. The van der Waals surface area contributed by atoms with E-state index in [9.17, 15) is 4.79 Å². The summed E-state index contributed by atoms with van der Waals surface area (Å²) in [6, 6.07) is 13.8. The Bertz CT molecular complexity index is 690. The third kappa shape index (κ3) is 3.74. The number of carbonyl (C=O) groups is 1. The van der Waals surface area contributed by atoms with E-state index in [2.05, 4.69) is 4.74 Å². The van der Waals surface area contributed by atoms with Crippen molar-refractivity contribution in [3.05, 3.63) is 64.2 Å². The van der Waals surface area contributed by atoms with Crippen molar-refractivity contribution in [3.8, 4) is 11.8 Å². The molecular formula is C16H12ClNO3. The normalized spacial score (nSPS) is 9.76. The second-order valence-corrected chi connectivity index (χ2v) is 4.64. The van der Waals surface area contributed by atoms with Gasteiger partial charge in [-0.1, -0.05) is 23.7 Å². The van der Waals surface area contributed by atoms with Crippen LogP contribution in [0.4, 0.5) is 0 Å². The van der Waals surface area contributed by atoms with Crippen LogP contribution in [-0.4, -0.2) is 13.1 Å². The minimum Gasteiger partial charge on any atom is -0.487 e. The van der Waals surface area contributed by atoms with Gasteiger partial charge in [0.15, 0.2) is 0 Å². The Hall–Kier alpha value is -2.51. The van der Waals surface area contributed by atoms with E-state index in [0.29, 0.717) is 28.5 Å². The summed E-state index contributed by atoms with van der Waals surface area (Å²) >= 11 is 6.02. The predicted octanol–water partition coefficient (Wildman–Crippen LogP) is 3.58. The molecule has 0 spiro atoms. The summed E-state index contributed by atoms with van der Waals surface area (Å²) in [5, 5.41) is 9.15. The molecule has 5 heteroatoms. The Morgan fingerprint density at radius 3 is 2.52 bits per heavy atom. The van der Waals surface area contributed by atoms with Gasteiger partial charge in [-0.3, -0.25) is 0 Å². The molecule has 2 aromatic carbocycles. The molecule has 0 saturated carbocycles. The van der Waals surface area contributed by atoms with Gasteiger partial charge in [-0.15, -0.1) is 0 Å². The summed E-state index contributed by atoms with van der Waals surface area (Å²) in [4.78, 5) is 11.3. The lowest BCUT2D eigenvalue weighted by Gasteiger charge is -2.08. The molecule has 0 aliphatic rings. The van der Waals surface area contributed by atoms with Gasteiger partial charge in [-0.2, -0.15) is 5.26 Å². The van der Waals surface area contributed by atoms with Crippen LogP contribution in [0.25, 0.3) is 0 Å². The fraction of sp³-hybridized carbons (Fsp3) is 0.125. The summed E-state index contributed by atoms with van der Waals surface area (Å²) < 4.78 is 10.2. The maximum atomic E-state index is 11.3. The average molecular weight is 302 g/mol. The molecular weight excluding hydrogens is 290 g/mol. The van der Waals surface area contributed by atoms with E-state index in [4.69, 9.17) is 21.6 Å². The van der Waals surface area contributed by atoms with Gasteiger partial charge in [0.05, 0.1) is 29.3 Å². The Labute approximate surface area is 127 Å². The van der Waals surface area contributed by atoms with Crippen molar-refractivity contribution in [1.82, 2.24) is 0 Å². The second kappa shape index (κ2) is 6.78. The monoisotopic (exact) mass is 301 g/mol. The van der Waals surface area contributed by atoms with Crippen molar-refractivity contribution in [3.63, 3.8) is 0 Å². The topological polar surface area (TPSA) is 59.3 Å². The number of ether oxygens (including phenoxy) is 2. The highest BCUT2D eigenvalue weighted by atomic mass is 35.5. The third-order valence-corrected chi connectivity index (χ3v) is 3.13. The smallest absolute Gasteiger partial charge is 0.337 e. The van der Waals surface area contributed by atoms with Gasteiger partial charge in [0.1, 0.15) is 12.4 Å². The zero-order valence-corrected chi connectivity index (χ0v) is 12.1. The van der Waals surface area contributed by atoms with Crippen LogP contribution in [0, 0.1) is 11.3 Å². The fourth-order valence-electron chi connectivity index (χ4n) is 1.70. The molecule has 0 unspecified atom stereocenters. The number of nitriles is 1. The number of rotatable bonds is 4. The molecule has 0 amide bonds. The number of benzene rings is 2. The molecule has 4 nitrogen and oxygen atoms in total. The largest absolute Gasteiger partial charge is 0.487 e. The van der Waals surface area contributed by atoms with Gasteiger partial charge in [-0.05, 0) is 35.9 Å². The average Bonchev–Trinajstić information content (AvgIpc) is 2.53. The zero-order chi connectivity index (χ0) is 15.2. The van der Waals surface area contributed by atoms with Gasteiger partial charge in [0.2, 0.25) is 0 Å². The lowest BCUT2D eigenvalue weighted by atomic mass is 10.1. The highest BCUT2D eigenvalue weighted by Gasteiger charge is 2.06. The maximum absolute atomic E-state index is 11.3. The summed E-state index contributed by atoms with van der Waals surface area (Å²) in [7, 11) is 1.34. The van der Waals surface area contributed by atoms with Crippen molar-refractivity contribution in [2.24, 2.45) is 0 Å². The number of nitrogens with zero attached hydrogens (tertiary/aromatic N) is 1. The van der Waals surface area contributed by atoms with Crippen LogP contribution in [0.3, 0.4) is 0 Å². The molecule has 0 aliphatic carbocycles. The molecule has 2 rings (SSSR count). The lowest BCUT2D eigenvalue weighted by molar-refractivity contribution is 0.0600.